The van der Waals surface area contributed by atoms with Gasteiger partial charge in [-0.1, -0.05) is 0 Å². The number of carbonyl (C=O) groups excluding carboxylic acids is 3. The van der Waals surface area contributed by atoms with Crippen LogP contribution in [-0.4, -0.2) is 56.4 Å². The molecule has 3 amide bonds. The van der Waals surface area contributed by atoms with Gasteiger partial charge in [0, 0.05) is 26.1 Å². The lowest BCUT2D eigenvalue weighted by molar-refractivity contribution is -0.124. The Morgan fingerprint density at radius 2 is 1.38 bits per heavy atom. The van der Waals surface area contributed by atoms with Gasteiger partial charge in [0.2, 0.25) is 5.91 Å². The standard InChI is InChI=1S/C20H31N3O6/c1-5-27-15-6-8-16(9-7-15)28-14-18(25)22-13-12-21-17(24)10-11-23-19(26)29-20(2,3)4/h6-9H,5,10-14H2,1-4H3,(H,21,24)(H,22,25)(H,23,26). The second kappa shape index (κ2) is 12.5. The van der Waals surface area contributed by atoms with E-state index in [1.165, 1.54) is 0 Å². The zero-order chi connectivity index (χ0) is 21.7. The van der Waals surface area contributed by atoms with Crippen molar-refractivity contribution < 1.29 is 28.6 Å². The Kier molecular flexibility index (Phi) is 10.4. The molecule has 9 nitrogen and oxygen atoms in total. The van der Waals surface area contributed by atoms with Crippen molar-refractivity contribution in [1.82, 2.24) is 16.0 Å². The van der Waals surface area contributed by atoms with Crippen LogP contribution in [0, 0.1) is 0 Å². The Balaban J connectivity index is 2.09. The zero-order valence-electron chi connectivity index (χ0n) is 17.5. The third-order valence-electron chi connectivity index (χ3n) is 3.29. The molecule has 162 valence electrons. The van der Waals surface area contributed by atoms with Crippen LogP contribution < -0.4 is 25.4 Å². The van der Waals surface area contributed by atoms with Crippen molar-refractivity contribution in [2.45, 2.75) is 39.7 Å². The van der Waals surface area contributed by atoms with Gasteiger partial charge < -0.3 is 30.2 Å². The zero-order valence-corrected chi connectivity index (χ0v) is 17.5. The lowest BCUT2D eigenvalue weighted by atomic mass is 10.2. The summed E-state index contributed by atoms with van der Waals surface area (Å²) in [5.74, 6) is 0.774. The topological polar surface area (TPSA) is 115 Å². The maximum Gasteiger partial charge on any atom is 0.407 e. The maximum absolute atomic E-state index is 11.8. The maximum atomic E-state index is 11.8. The van der Waals surface area contributed by atoms with E-state index in [9.17, 15) is 14.4 Å². The second-order valence-corrected chi connectivity index (χ2v) is 7.07. The normalized spacial score (nSPS) is 10.6. The van der Waals surface area contributed by atoms with Gasteiger partial charge in [0.05, 0.1) is 6.61 Å². The van der Waals surface area contributed by atoms with E-state index in [-0.39, 0.29) is 44.5 Å². The fourth-order valence-electron chi connectivity index (χ4n) is 2.08. The minimum absolute atomic E-state index is 0.119. The lowest BCUT2D eigenvalue weighted by Gasteiger charge is -2.19. The minimum Gasteiger partial charge on any atom is -0.494 e. The number of alkyl carbamates (subject to hydrolysis) is 1. The molecule has 0 aliphatic heterocycles. The van der Waals surface area contributed by atoms with Gasteiger partial charge in [-0.3, -0.25) is 9.59 Å². The highest BCUT2D eigenvalue weighted by Gasteiger charge is 2.15. The molecule has 0 fully saturated rings. The fourth-order valence-corrected chi connectivity index (χ4v) is 2.08. The monoisotopic (exact) mass is 409 g/mol. The van der Waals surface area contributed by atoms with Crippen molar-refractivity contribution in [2.24, 2.45) is 0 Å². The first-order valence-electron chi connectivity index (χ1n) is 9.55. The van der Waals surface area contributed by atoms with Gasteiger partial charge in [0.15, 0.2) is 6.61 Å². The molecule has 9 heteroatoms. The van der Waals surface area contributed by atoms with E-state index in [4.69, 9.17) is 14.2 Å². The molecule has 0 radical (unpaired) electrons. The highest BCUT2D eigenvalue weighted by atomic mass is 16.6. The highest BCUT2D eigenvalue weighted by molar-refractivity contribution is 5.78. The fraction of sp³-hybridized carbons (Fsp3) is 0.550. The second-order valence-electron chi connectivity index (χ2n) is 7.07. The molecule has 1 aromatic rings. The van der Waals surface area contributed by atoms with E-state index < -0.39 is 11.7 Å². The Bertz CT molecular complexity index is 655. The molecule has 0 heterocycles. The number of ether oxygens (including phenoxy) is 3. The van der Waals surface area contributed by atoms with Crippen molar-refractivity contribution in [2.75, 3.05) is 32.8 Å². The van der Waals surface area contributed by atoms with Crippen LogP contribution >= 0.6 is 0 Å². The van der Waals surface area contributed by atoms with Crippen LogP contribution in [0.15, 0.2) is 24.3 Å². The first kappa shape index (κ1) is 24.1. The predicted molar refractivity (Wildman–Crippen MR) is 108 cm³/mol. The number of amides is 3. The van der Waals surface area contributed by atoms with E-state index in [0.29, 0.717) is 12.4 Å². The molecule has 0 bridgehead atoms. The number of rotatable bonds is 11. The largest absolute Gasteiger partial charge is 0.494 e. The predicted octanol–water partition coefficient (Wildman–Crippen LogP) is 1.61. The van der Waals surface area contributed by atoms with Crippen LogP contribution in [0.5, 0.6) is 11.5 Å². The Hall–Kier alpha value is -2.97. The molecule has 0 aliphatic rings. The van der Waals surface area contributed by atoms with E-state index in [0.717, 1.165) is 5.75 Å². The SMILES string of the molecule is CCOc1ccc(OCC(=O)NCCNC(=O)CCNC(=O)OC(C)(C)C)cc1. The molecule has 1 aromatic carbocycles. The molecular formula is C20H31N3O6. The molecule has 0 atom stereocenters. The molecular weight excluding hydrogens is 378 g/mol. The van der Waals surface area contributed by atoms with Gasteiger partial charge in [-0.25, -0.2) is 4.79 Å². The van der Waals surface area contributed by atoms with Crippen LogP contribution in [0.3, 0.4) is 0 Å². The average molecular weight is 409 g/mol. The van der Waals surface area contributed by atoms with Gasteiger partial charge >= 0.3 is 6.09 Å². The summed E-state index contributed by atoms with van der Waals surface area (Å²) in [6.07, 6.45) is -0.446. The number of hydrogen-bond acceptors (Lipinski definition) is 6. The van der Waals surface area contributed by atoms with E-state index in [2.05, 4.69) is 16.0 Å². The molecule has 0 aromatic heterocycles. The molecule has 3 N–H and O–H groups in total. The lowest BCUT2D eigenvalue weighted by Crippen LogP contribution is -2.38. The molecule has 0 aliphatic carbocycles. The smallest absolute Gasteiger partial charge is 0.407 e. The van der Waals surface area contributed by atoms with Crippen molar-refractivity contribution in [3.8, 4) is 11.5 Å². The van der Waals surface area contributed by atoms with Crippen LogP contribution in [0.2, 0.25) is 0 Å². The summed E-state index contributed by atoms with van der Waals surface area (Å²) in [4.78, 5) is 34.9. The van der Waals surface area contributed by atoms with Gasteiger partial charge in [-0.2, -0.15) is 0 Å². The number of nitrogens with one attached hydrogen (secondary N) is 3. The molecule has 0 saturated heterocycles. The summed E-state index contributed by atoms with van der Waals surface area (Å²) in [7, 11) is 0. The third-order valence-corrected chi connectivity index (χ3v) is 3.29. The average Bonchev–Trinajstić information content (AvgIpc) is 2.63. The van der Waals surface area contributed by atoms with E-state index in [1.807, 2.05) is 6.92 Å². The summed E-state index contributed by atoms with van der Waals surface area (Å²) < 4.78 is 15.8. The van der Waals surface area contributed by atoms with E-state index in [1.54, 1.807) is 45.0 Å². The Morgan fingerprint density at radius 3 is 1.93 bits per heavy atom. The van der Waals surface area contributed by atoms with Crippen molar-refractivity contribution >= 4 is 17.9 Å². The summed E-state index contributed by atoms with van der Waals surface area (Å²) in [5.41, 5.74) is -0.582. The third kappa shape index (κ3) is 12.2. The van der Waals surface area contributed by atoms with Gasteiger partial charge in [0.1, 0.15) is 17.1 Å². The molecule has 29 heavy (non-hydrogen) atoms. The van der Waals surface area contributed by atoms with Gasteiger partial charge in [-0.05, 0) is 52.0 Å². The molecule has 0 unspecified atom stereocenters. The number of carbonyl (C=O) groups is 3. The van der Waals surface area contributed by atoms with Crippen LogP contribution in [0.1, 0.15) is 34.1 Å². The minimum atomic E-state index is -0.582. The first-order chi connectivity index (χ1) is 13.7. The summed E-state index contributed by atoms with van der Waals surface area (Å²) in [6, 6.07) is 6.99. The number of benzene rings is 1. The van der Waals surface area contributed by atoms with Crippen molar-refractivity contribution in [3.63, 3.8) is 0 Å². The summed E-state index contributed by atoms with van der Waals surface area (Å²) in [6.45, 7) is 8.36. The van der Waals surface area contributed by atoms with Crippen LogP contribution in [0.4, 0.5) is 4.79 Å². The van der Waals surface area contributed by atoms with Crippen molar-refractivity contribution in [1.29, 1.82) is 0 Å². The summed E-state index contributed by atoms with van der Waals surface area (Å²) in [5, 5.41) is 7.80. The first-order valence-corrected chi connectivity index (χ1v) is 9.55. The Morgan fingerprint density at radius 1 is 0.828 bits per heavy atom. The quantitative estimate of drug-likeness (QED) is 0.479. The Labute approximate surface area is 171 Å². The highest BCUT2D eigenvalue weighted by Crippen LogP contribution is 2.17. The van der Waals surface area contributed by atoms with Crippen LogP contribution in [-0.2, 0) is 14.3 Å². The van der Waals surface area contributed by atoms with Crippen LogP contribution in [0.25, 0.3) is 0 Å². The molecule has 0 spiro atoms. The number of hydrogen-bond donors (Lipinski definition) is 3. The molecule has 1 rings (SSSR count). The summed E-state index contributed by atoms with van der Waals surface area (Å²) >= 11 is 0. The van der Waals surface area contributed by atoms with Crippen molar-refractivity contribution in [3.05, 3.63) is 24.3 Å². The van der Waals surface area contributed by atoms with E-state index >= 15 is 0 Å². The molecule has 0 saturated carbocycles. The van der Waals surface area contributed by atoms with Gasteiger partial charge in [0.25, 0.3) is 5.91 Å². The van der Waals surface area contributed by atoms with Gasteiger partial charge in [-0.15, -0.1) is 0 Å².